The number of benzene rings is 1. The van der Waals surface area contributed by atoms with Gasteiger partial charge in [-0.05, 0) is 31.3 Å². The van der Waals surface area contributed by atoms with E-state index in [1.54, 1.807) is 0 Å². The Morgan fingerprint density at radius 2 is 1.94 bits per heavy atom. The van der Waals surface area contributed by atoms with Crippen molar-refractivity contribution in [3.05, 3.63) is 36.5 Å². The number of rotatable bonds is 2. The van der Waals surface area contributed by atoms with E-state index in [0.717, 1.165) is 18.9 Å². The largest absolute Gasteiger partial charge is 0.356 e. The van der Waals surface area contributed by atoms with E-state index in [4.69, 9.17) is 0 Å². The molecule has 0 saturated carbocycles. The zero-order chi connectivity index (χ0) is 12.4. The second kappa shape index (κ2) is 4.94. The van der Waals surface area contributed by atoms with E-state index in [9.17, 15) is 0 Å². The molecule has 3 nitrogen and oxygen atoms in total. The van der Waals surface area contributed by atoms with Gasteiger partial charge in [-0.2, -0.15) is 0 Å². The van der Waals surface area contributed by atoms with E-state index < -0.39 is 0 Å². The Balaban J connectivity index is 1.91. The topological polar surface area (TPSA) is 28.2 Å². The first-order valence-electron chi connectivity index (χ1n) is 6.64. The normalized spacial score (nSPS) is 17.3. The summed E-state index contributed by atoms with van der Waals surface area (Å²) in [5.41, 5.74) is 0. The molecule has 18 heavy (non-hydrogen) atoms. The summed E-state index contributed by atoms with van der Waals surface area (Å²) in [7, 11) is 2.05. The summed E-state index contributed by atoms with van der Waals surface area (Å²) in [6.45, 7) is 2.18. The first-order chi connectivity index (χ1) is 8.88. The average molecular weight is 241 g/mol. The van der Waals surface area contributed by atoms with Crippen molar-refractivity contribution in [2.75, 3.05) is 25.0 Å². The summed E-state index contributed by atoms with van der Waals surface area (Å²) in [5.74, 6) is 1.14. The minimum atomic E-state index is 0.663. The van der Waals surface area contributed by atoms with Crippen molar-refractivity contribution in [3.63, 3.8) is 0 Å². The summed E-state index contributed by atoms with van der Waals surface area (Å²) < 4.78 is 0. The highest BCUT2D eigenvalue weighted by Crippen LogP contribution is 2.26. The molecular formula is C15H19N3. The molecule has 1 aromatic heterocycles. The number of hydrogen-bond acceptors (Lipinski definition) is 3. The molecule has 0 bridgehead atoms. The minimum Gasteiger partial charge on any atom is -0.356 e. The monoisotopic (exact) mass is 241 g/mol. The lowest BCUT2D eigenvalue weighted by atomic mass is 10.0. The molecule has 1 N–H and O–H groups in total. The van der Waals surface area contributed by atoms with Gasteiger partial charge in [-0.1, -0.05) is 24.3 Å². The van der Waals surface area contributed by atoms with Crippen LogP contribution in [0.25, 0.3) is 10.8 Å². The van der Waals surface area contributed by atoms with E-state index in [2.05, 4.69) is 52.6 Å². The molecule has 3 rings (SSSR count). The van der Waals surface area contributed by atoms with Crippen molar-refractivity contribution < 1.29 is 0 Å². The highest BCUT2D eigenvalue weighted by atomic mass is 15.2. The lowest BCUT2D eigenvalue weighted by molar-refractivity contribution is 0.441. The van der Waals surface area contributed by atoms with Crippen LogP contribution < -0.4 is 10.2 Å². The first-order valence-corrected chi connectivity index (χ1v) is 6.64. The predicted molar refractivity (Wildman–Crippen MR) is 76.0 cm³/mol. The number of nitrogens with one attached hydrogen (secondary N) is 1. The van der Waals surface area contributed by atoms with Gasteiger partial charge in [0.15, 0.2) is 0 Å². The summed E-state index contributed by atoms with van der Waals surface area (Å²) >= 11 is 0. The van der Waals surface area contributed by atoms with Crippen LogP contribution in [0.4, 0.5) is 5.82 Å². The average Bonchev–Trinajstić information content (AvgIpc) is 2.47. The van der Waals surface area contributed by atoms with Crippen LogP contribution >= 0.6 is 0 Å². The van der Waals surface area contributed by atoms with Crippen molar-refractivity contribution >= 4 is 16.6 Å². The molecule has 1 aliphatic heterocycles. The van der Waals surface area contributed by atoms with Crippen molar-refractivity contribution in [1.82, 2.24) is 10.3 Å². The Kier molecular flexibility index (Phi) is 3.15. The van der Waals surface area contributed by atoms with E-state index in [-0.39, 0.29) is 0 Å². The second-order valence-electron chi connectivity index (χ2n) is 4.91. The van der Waals surface area contributed by atoms with Gasteiger partial charge in [-0.25, -0.2) is 4.98 Å². The van der Waals surface area contributed by atoms with Crippen LogP contribution in [0.5, 0.6) is 0 Å². The van der Waals surface area contributed by atoms with E-state index in [1.165, 1.54) is 23.6 Å². The Morgan fingerprint density at radius 3 is 2.72 bits per heavy atom. The Morgan fingerprint density at radius 1 is 1.17 bits per heavy atom. The quantitative estimate of drug-likeness (QED) is 0.875. The molecule has 1 saturated heterocycles. The fourth-order valence-electron chi connectivity index (χ4n) is 2.74. The van der Waals surface area contributed by atoms with Crippen LogP contribution in [0.2, 0.25) is 0 Å². The highest BCUT2D eigenvalue weighted by Gasteiger charge is 2.19. The number of nitrogens with zero attached hydrogens (tertiary/aromatic N) is 2. The first kappa shape index (κ1) is 11.5. The lowest BCUT2D eigenvalue weighted by Gasteiger charge is -2.33. The Hall–Kier alpha value is -1.61. The van der Waals surface area contributed by atoms with Gasteiger partial charge in [0.25, 0.3) is 0 Å². The number of anilines is 1. The SMILES string of the molecule is CNC1CCN(c2nccc3ccccc23)CC1. The zero-order valence-electron chi connectivity index (χ0n) is 10.8. The van der Waals surface area contributed by atoms with Crippen molar-refractivity contribution in [2.45, 2.75) is 18.9 Å². The summed E-state index contributed by atoms with van der Waals surface area (Å²) in [5, 5.41) is 5.91. The van der Waals surface area contributed by atoms with Crippen molar-refractivity contribution in [1.29, 1.82) is 0 Å². The maximum absolute atomic E-state index is 4.59. The third kappa shape index (κ3) is 2.06. The number of fused-ring (bicyclic) bond motifs is 1. The van der Waals surface area contributed by atoms with Gasteiger partial charge < -0.3 is 10.2 Å². The maximum Gasteiger partial charge on any atom is 0.136 e. The van der Waals surface area contributed by atoms with Crippen LogP contribution in [0.15, 0.2) is 36.5 Å². The fourth-order valence-corrected chi connectivity index (χ4v) is 2.74. The number of aromatic nitrogens is 1. The molecule has 2 aromatic rings. The fraction of sp³-hybridized carbons (Fsp3) is 0.400. The van der Waals surface area contributed by atoms with Crippen molar-refractivity contribution in [2.24, 2.45) is 0 Å². The van der Waals surface area contributed by atoms with Gasteiger partial charge in [-0.3, -0.25) is 0 Å². The smallest absolute Gasteiger partial charge is 0.136 e. The molecule has 0 unspecified atom stereocenters. The molecule has 0 atom stereocenters. The summed E-state index contributed by atoms with van der Waals surface area (Å²) in [6.07, 6.45) is 4.31. The van der Waals surface area contributed by atoms with Crippen molar-refractivity contribution in [3.8, 4) is 0 Å². The van der Waals surface area contributed by atoms with Crippen LogP contribution in [-0.4, -0.2) is 31.2 Å². The highest BCUT2D eigenvalue weighted by molar-refractivity contribution is 5.92. The predicted octanol–water partition coefficient (Wildman–Crippen LogP) is 2.42. The lowest BCUT2D eigenvalue weighted by Crippen LogP contribution is -2.41. The third-order valence-corrected chi connectivity index (χ3v) is 3.86. The Labute approximate surface area is 108 Å². The zero-order valence-corrected chi connectivity index (χ0v) is 10.8. The van der Waals surface area contributed by atoms with Crippen LogP contribution in [0.1, 0.15) is 12.8 Å². The molecule has 0 radical (unpaired) electrons. The van der Waals surface area contributed by atoms with Gasteiger partial charge in [0.1, 0.15) is 5.82 Å². The third-order valence-electron chi connectivity index (χ3n) is 3.86. The molecule has 1 aromatic carbocycles. The number of pyridine rings is 1. The van der Waals surface area contributed by atoms with Gasteiger partial charge in [-0.15, -0.1) is 0 Å². The molecule has 2 heterocycles. The molecule has 1 fully saturated rings. The van der Waals surface area contributed by atoms with Gasteiger partial charge >= 0.3 is 0 Å². The molecule has 0 aliphatic carbocycles. The molecule has 1 aliphatic rings. The summed E-state index contributed by atoms with van der Waals surface area (Å²) in [6, 6.07) is 11.2. The maximum atomic E-state index is 4.59. The van der Waals surface area contributed by atoms with Gasteiger partial charge in [0.05, 0.1) is 0 Å². The number of hydrogen-bond donors (Lipinski definition) is 1. The van der Waals surface area contributed by atoms with Gasteiger partial charge in [0, 0.05) is 30.7 Å². The molecule has 0 spiro atoms. The number of piperidine rings is 1. The van der Waals surface area contributed by atoms with Gasteiger partial charge in [0.2, 0.25) is 0 Å². The minimum absolute atomic E-state index is 0.663. The molecule has 0 amide bonds. The second-order valence-corrected chi connectivity index (χ2v) is 4.91. The molecule has 3 heteroatoms. The summed E-state index contributed by atoms with van der Waals surface area (Å²) in [4.78, 5) is 7.00. The standard InChI is InChI=1S/C15H19N3/c1-16-13-7-10-18(11-8-13)15-14-5-3-2-4-12(14)6-9-17-15/h2-6,9,13,16H,7-8,10-11H2,1H3. The molecule has 94 valence electrons. The Bertz CT molecular complexity index is 525. The van der Waals surface area contributed by atoms with E-state index >= 15 is 0 Å². The van der Waals surface area contributed by atoms with Crippen LogP contribution in [0.3, 0.4) is 0 Å². The molecular weight excluding hydrogens is 222 g/mol. The van der Waals surface area contributed by atoms with Crippen LogP contribution in [0, 0.1) is 0 Å². The van der Waals surface area contributed by atoms with Crippen LogP contribution in [-0.2, 0) is 0 Å². The van der Waals surface area contributed by atoms with E-state index in [1.807, 2.05) is 6.20 Å². The van der Waals surface area contributed by atoms with E-state index in [0.29, 0.717) is 6.04 Å².